The third-order valence-corrected chi connectivity index (χ3v) is 3.64. The summed E-state index contributed by atoms with van der Waals surface area (Å²) in [6, 6.07) is 14.7. The Labute approximate surface area is 135 Å². The number of carbonyl (C=O) groups is 1. The van der Waals surface area contributed by atoms with Gasteiger partial charge in [0, 0.05) is 14.2 Å². The van der Waals surface area contributed by atoms with E-state index in [1.165, 1.54) is 36.3 Å². The van der Waals surface area contributed by atoms with E-state index >= 15 is 0 Å². The summed E-state index contributed by atoms with van der Waals surface area (Å²) in [6.07, 6.45) is -1.61. The average molecular weight is 317 g/mol. The minimum absolute atomic E-state index is 0.0944. The van der Waals surface area contributed by atoms with E-state index in [0.29, 0.717) is 5.56 Å². The van der Waals surface area contributed by atoms with Gasteiger partial charge in [0.25, 0.3) is 5.91 Å². The maximum Gasteiger partial charge on any atom is 0.256 e. The second-order valence-electron chi connectivity index (χ2n) is 5.31. The summed E-state index contributed by atoms with van der Waals surface area (Å²) in [5.41, 5.74) is 1.31. The Morgan fingerprint density at radius 1 is 1.13 bits per heavy atom. The summed E-state index contributed by atoms with van der Waals surface area (Å²) in [5.74, 6) is -0.617. The fourth-order valence-corrected chi connectivity index (χ4v) is 2.35. The lowest BCUT2D eigenvalue weighted by Gasteiger charge is -2.25. The molecule has 1 amide bonds. The number of hydrogen-bond acceptors (Lipinski definition) is 3. The van der Waals surface area contributed by atoms with E-state index in [0.717, 1.165) is 5.56 Å². The number of rotatable bonds is 6. The van der Waals surface area contributed by atoms with Gasteiger partial charge in [-0.15, -0.1) is 0 Å². The molecule has 0 spiro atoms. The van der Waals surface area contributed by atoms with Gasteiger partial charge < -0.3 is 14.7 Å². The van der Waals surface area contributed by atoms with Gasteiger partial charge in [-0.05, 0) is 23.3 Å². The molecule has 4 nitrogen and oxygen atoms in total. The zero-order valence-electron chi connectivity index (χ0n) is 13.1. The number of aliphatic hydroxyl groups is 1. The first-order valence-corrected chi connectivity index (χ1v) is 7.29. The van der Waals surface area contributed by atoms with Gasteiger partial charge >= 0.3 is 0 Å². The second kappa shape index (κ2) is 7.85. The number of likely N-dealkylation sites (N-methyl/N-ethyl adjacent to an activating group) is 1. The summed E-state index contributed by atoms with van der Waals surface area (Å²) in [7, 11) is 3.07. The number of ether oxygens (including phenoxy) is 1. The van der Waals surface area contributed by atoms with Crippen molar-refractivity contribution in [3.8, 4) is 0 Å². The Morgan fingerprint density at radius 2 is 1.74 bits per heavy atom. The van der Waals surface area contributed by atoms with E-state index in [4.69, 9.17) is 4.74 Å². The molecule has 0 heterocycles. The van der Waals surface area contributed by atoms with Crippen molar-refractivity contribution in [2.24, 2.45) is 0 Å². The lowest BCUT2D eigenvalue weighted by atomic mass is 10.1. The van der Waals surface area contributed by atoms with Crippen LogP contribution >= 0.6 is 0 Å². The van der Waals surface area contributed by atoms with Gasteiger partial charge in [0.05, 0.1) is 12.6 Å². The molecule has 2 aromatic rings. The number of amides is 1. The Hall–Kier alpha value is -2.24. The van der Waals surface area contributed by atoms with Crippen molar-refractivity contribution in [1.29, 1.82) is 0 Å². The van der Waals surface area contributed by atoms with E-state index < -0.39 is 12.2 Å². The van der Waals surface area contributed by atoms with Gasteiger partial charge in [-0.1, -0.05) is 42.5 Å². The SMILES string of the molecule is CO[C@@H](C(=O)N(C)C[C@H](O)c1ccc(F)cc1)c1ccccc1. The van der Waals surface area contributed by atoms with Crippen LogP contribution in [-0.2, 0) is 9.53 Å². The number of hydrogen-bond donors (Lipinski definition) is 1. The number of methoxy groups -OCH3 is 1. The summed E-state index contributed by atoms with van der Waals surface area (Å²) in [4.78, 5) is 13.9. The Morgan fingerprint density at radius 3 is 2.30 bits per heavy atom. The maximum absolute atomic E-state index is 12.9. The molecule has 1 N–H and O–H groups in total. The standard InChI is InChI=1S/C18H20FNO3/c1-20(12-16(21)13-8-10-15(19)11-9-13)18(22)17(23-2)14-6-4-3-5-7-14/h3-11,16-17,21H,12H2,1-2H3/t16-,17+/m0/s1. The predicted octanol–water partition coefficient (Wildman–Crippen LogP) is 2.71. The monoisotopic (exact) mass is 317 g/mol. The van der Waals surface area contributed by atoms with Gasteiger partial charge in [0.2, 0.25) is 0 Å². The normalized spacial score (nSPS) is 13.4. The van der Waals surface area contributed by atoms with Crippen LogP contribution in [0.5, 0.6) is 0 Å². The molecule has 2 rings (SSSR count). The van der Waals surface area contributed by atoms with Gasteiger partial charge in [0.15, 0.2) is 6.10 Å². The highest BCUT2D eigenvalue weighted by atomic mass is 19.1. The van der Waals surface area contributed by atoms with E-state index in [9.17, 15) is 14.3 Å². The van der Waals surface area contributed by atoms with Crippen LogP contribution in [0, 0.1) is 5.82 Å². The Balaban J connectivity index is 2.05. The molecule has 0 aliphatic rings. The van der Waals surface area contributed by atoms with Crippen molar-refractivity contribution in [3.63, 3.8) is 0 Å². The fourth-order valence-electron chi connectivity index (χ4n) is 2.35. The van der Waals surface area contributed by atoms with E-state index in [1.54, 1.807) is 7.05 Å². The van der Waals surface area contributed by atoms with Crippen molar-refractivity contribution in [2.75, 3.05) is 20.7 Å². The van der Waals surface area contributed by atoms with Gasteiger partial charge in [-0.25, -0.2) is 4.39 Å². The van der Waals surface area contributed by atoms with E-state index in [-0.39, 0.29) is 18.3 Å². The Kier molecular flexibility index (Phi) is 5.84. The van der Waals surface area contributed by atoms with Crippen LogP contribution in [0.4, 0.5) is 4.39 Å². The number of aliphatic hydroxyl groups excluding tert-OH is 1. The molecule has 23 heavy (non-hydrogen) atoms. The third kappa shape index (κ3) is 4.37. The lowest BCUT2D eigenvalue weighted by Crippen LogP contribution is -2.35. The quantitative estimate of drug-likeness (QED) is 0.891. The molecular formula is C18H20FNO3. The zero-order chi connectivity index (χ0) is 16.8. The summed E-state index contributed by atoms with van der Waals surface area (Å²) in [6.45, 7) is 0.0944. The first kappa shape index (κ1) is 17.1. The molecule has 0 aliphatic heterocycles. The van der Waals surface area contributed by atoms with E-state index in [1.807, 2.05) is 30.3 Å². The molecule has 0 fully saturated rings. The fraction of sp³-hybridized carbons (Fsp3) is 0.278. The van der Waals surface area contributed by atoms with Crippen LogP contribution in [0.25, 0.3) is 0 Å². The molecular weight excluding hydrogens is 297 g/mol. The van der Waals surface area contributed by atoms with Crippen LogP contribution in [0.15, 0.2) is 54.6 Å². The topological polar surface area (TPSA) is 49.8 Å². The number of halogens is 1. The molecule has 0 saturated carbocycles. The van der Waals surface area contributed by atoms with E-state index in [2.05, 4.69) is 0 Å². The van der Waals surface area contributed by atoms with Crippen molar-refractivity contribution in [1.82, 2.24) is 4.90 Å². The highest BCUT2D eigenvalue weighted by Crippen LogP contribution is 2.21. The molecule has 122 valence electrons. The molecule has 0 aliphatic carbocycles. The van der Waals surface area contributed by atoms with Crippen molar-refractivity contribution < 1.29 is 19.0 Å². The Bertz CT molecular complexity index is 630. The molecule has 0 saturated heterocycles. The van der Waals surface area contributed by atoms with Crippen molar-refractivity contribution in [2.45, 2.75) is 12.2 Å². The van der Waals surface area contributed by atoms with Crippen LogP contribution < -0.4 is 0 Å². The summed E-state index contributed by atoms with van der Waals surface area (Å²) >= 11 is 0. The first-order valence-electron chi connectivity index (χ1n) is 7.29. The highest BCUT2D eigenvalue weighted by molar-refractivity contribution is 5.82. The van der Waals surface area contributed by atoms with Crippen molar-refractivity contribution >= 4 is 5.91 Å². The molecule has 0 bridgehead atoms. The summed E-state index contributed by atoms with van der Waals surface area (Å²) in [5, 5.41) is 10.2. The smallest absolute Gasteiger partial charge is 0.256 e. The summed E-state index contributed by atoms with van der Waals surface area (Å²) < 4.78 is 18.2. The lowest BCUT2D eigenvalue weighted by molar-refractivity contribution is -0.142. The second-order valence-corrected chi connectivity index (χ2v) is 5.31. The maximum atomic E-state index is 12.9. The number of nitrogens with zero attached hydrogens (tertiary/aromatic N) is 1. The zero-order valence-corrected chi connectivity index (χ0v) is 13.1. The van der Waals surface area contributed by atoms with Gasteiger partial charge in [-0.3, -0.25) is 4.79 Å². The van der Waals surface area contributed by atoms with Gasteiger partial charge in [-0.2, -0.15) is 0 Å². The van der Waals surface area contributed by atoms with Crippen LogP contribution in [0.3, 0.4) is 0 Å². The number of carbonyl (C=O) groups excluding carboxylic acids is 1. The molecule has 0 unspecified atom stereocenters. The third-order valence-electron chi connectivity index (χ3n) is 3.64. The molecule has 5 heteroatoms. The molecule has 2 atom stereocenters. The molecule has 0 aromatic heterocycles. The number of benzene rings is 2. The minimum atomic E-state index is -0.891. The predicted molar refractivity (Wildman–Crippen MR) is 85.2 cm³/mol. The highest BCUT2D eigenvalue weighted by Gasteiger charge is 2.25. The molecule has 0 radical (unpaired) electrons. The average Bonchev–Trinajstić information content (AvgIpc) is 2.57. The van der Waals surface area contributed by atoms with Crippen LogP contribution in [-0.4, -0.2) is 36.6 Å². The largest absolute Gasteiger partial charge is 0.387 e. The van der Waals surface area contributed by atoms with Crippen LogP contribution in [0.1, 0.15) is 23.3 Å². The van der Waals surface area contributed by atoms with Crippen molar-refractivity contribution in [3.05, 3.63) is 71.5 Å². The van der Waals surface area contributed by atoms with Gasteiger partial charge in [0.1, 0.15) is 5.82 Å². The molecule has 2 aromatic carbocycles. The first-order chi connectivity index (χ1) is 11.0. The van der Waals surface area contributed by atoms with Crippen LogP contribution in [0.2, 0.25) is 0 Å². The minimum Gasteiger partial charge on any atom is -0.387 e.